The number of rotatable bonds is 3. The van der Waals surface area contributed by atoms with Crippen LogP contribution in [0, 0.1) is 5.92 Å². The summed E-state index contributed by atoms with van der Waals surface area (Å²) in [4.78, 5) is 4.01. The predicted octanol–water partition coefficient (Wildman–Crippen LogP) is 2.31. The molecule has 1 aliphatic heterocycles. The Morgan fingerprint density at radius 1 is 1.33 bits per heavy atom. The summed E-state index contributed by atoms with van der Waals surface area (Å²) in [6, 6.07) is 4.53. The van der Waals surface area contributed by atoms with Crippen molar-refractivity contribution >= 4 is 5.69 Å². The zero-order valence-corrected chi connectivity index (χ0v) is 9.15. The van der Waals surface area contributed by atoms with Gasteiger partial charge in [-0.1, -0.05) is 0 Å². The second kappa shape index (κ2) is 5.12. The molecule has 15 heavy (non-hydrogen) atoms. The van der Waals surface area contributed by atoms with Crippen LogP contribution >= 0.6 is 0 Å². The normalized spacial score (nSPS) is 19.8. The van der Waals surface area contributed by atoms with Gasteiger partial charge in [0.05, 0.1) is 0 Å². The molecule has 3 nitrogen and oxygen atoms in total. The molecule has 1 saturated heterocycles. The predicted molar refractivity (Wildman–Crippen MR) is 60.9 cm³/mol. The summed E-state index contributed by atoms with van der Waals surface area (Å²) < 4.78 is 5.36. The zero-order valence-electron chi connectivity index (χ0n) is 9.15. The topological polar surface area (TPSA) is 34.2 Å². The molecular formula is C12H18N2O. The van der Waals surface area contributed by atoms with E-state index in [4.69, 9.17) is 4.74 Å². The minimum atomic E-state index is 0.510. The highest BCUT2D eigenvalue weighted by Crippen LogP contribution is 2.21. The quantitative estimate of drug-likeness (QED) is 0.824. The van der Waals surface area contributed by atoms with Crippen molar-refractivity contribution in [3.05, 3.63) is 24.5 Å². The monoisotopic (exact) mass is 206 g/mol. The standard InChI is InChI=1S/C12H18N2O/c1-10(11-4-8-15-9-5-11)14-12-2-6-13-7-3-12/h2-3,6-7,10-11H,4-5,8-9H2,1H3,(H,13,14). The molecule has 1 N–H and O–H groups in total. The van der Waals surface area contributed by atoms with Gasteiger partial charge in [-0.2, -0.15) is 0 Å². The van der Waals surface area contributed by atoms with Gasteiger partial charge >= 0.3 is 0 Å². The van der Waals surface area contributed by atoms with Gasteiger partial charge in [0.25, 0.3) is 0 Å². The molecule has 2 rings (SSSR count). The van der Waals surface area contributed by atoms with Crippen LogP contribution in [0.5, 0.6) is 0 Å². The van der Waals surface area contributed by atoms with Crippen LogP contribution in [0.15, 0.2) is 24.5 Å². The van der Waals surface area contributed by atoms with E-state index in [0.717, 1.165) is 24.8 Å². The minimum Gasteiger partial charge on any atom is -0.382 e. The molecule has 1 aliphatic rings. The number of hydrogen-bond donors (Lipinski definition) is 1. The number of hydrogen-bond acceptors (Lipinski definition) is 3. The van der Waals surface area contributed by atoms with E-state index in [9.17, 15) is 0 Å². The maximum atomic E-state index is 5.36. The minimum absolute atomic E-state index is 0.510. The second-order valence-corrected chi connectivity index (χ2v) is 4.12. The summed E-state index contributed by atoms with van der Waals surface area (Å²) in [5.74, 6) is 0.729. The number of ether oxygens (including phenoxy) is 1. The van der Waals surface area contributed by atoms with Crippen molar-refractivity contribution in [2.24, 2.45) is 5.92 Å². The van der Waals surface area contributed by atoms with Gasteiger partial charge in [-0.05, 0) is 37.8 Å². The van der Waals surface area contributed by atoms with Crippen LogP contribution in [0.1, 0.15) is 19.8 Å². The van der Waals surface area contributed by atoms with Crippen molar-refractivity contribution in [1.29, 1.82) is 0 Å². The van der Waals surface area contributed by atoms with Crippen LogP contribution in [-0.4, -0.2) is 24.2 Å². The number of anilines is 1. The van der Waals surface area contributed by atoms with Gasteiger partial charge in [0.15, 0.2) is 0 Å². The maximum absolute atomic E-state index is 5.36. The number of aromatic nitrogens is 1. The molecule has 82 valence electrons. The van der Waals surface area contributed by atoms with Crippen LogP contribution in [0.3, 0.4) is 0 Å². The largest absolute Gasteiger partial charge is 0.382 e. The molecule has 1 unspecified atom stereocenters. The lowest BCUT2D eigenvalue weighted by molar-refractivity contribution is 0.0622. The smallest absolute Gasteiger partial charge is 0.0469 e. The van der Waals surface area contributed by atoms with Crippen LogP contribution in [0.25, 0.3) is 0 Å². The molecule has 1 atom stereocenters. The Morgan fingerprint density at radius 2 is 2.00 bits per heavy atom. The fraction of sp³-hybridized carbons (Fsp3) is 0.583. The Morgan fingerprint density at radius 3 is 2.67 bits per heavy atom. The highest BCUT2D eigenvalue weighted by Gasteiger charge is 2.19. The Bertz CT molecular complexity index is 283. The first kappa shape index (κ1) is 10.4. The van der Waals surface area contributed by atoms with Crippen LogP contribution in [-0.2, 0) is 4.74 Å². The molecule has 2 heterocycles. The summed E-state index contributed by atoms with van der Waals surface area (Å²) in [5, 5.41) is 3.52. The van der Waals surface area contributed by atoms with Gasteiger partial charge in [-0.15, -0.1) is 0 Å². The Kier molecular flexibility index (Phi) is 3.56. The zero-order chi connectivity index (χ0) is 10.5. The van der Waals surface area contributed by atoms with E-state index in [1.165, 1.54) is 12.8 Å². The first-order chi connectivity index (χ1) is 7.36. The van der Waals surface area contributed by atoms with Crippen molar-refractivity contribution < 1.29 is 4.74 Å². The first-order valence-electron chi connectivity index (χ1n) is 5.60. The van der Waals surface area contributed by atoms with E-state index in [2.05, 4.69) is 17.2 Å². The van der Waals surface area contributed by atoms with Gasteiger partial charge in [0.1, 0.15) is 0 Å². The van der Waals surface area contributed by atoms with Crippen molar-refractivity contribution in [3.8, 4) is 0 Å². The summed E-state index contributed by atoms with van der Waals surface area (Å²) in [5.41, 5.74) is 1.16. The third-order valence-electron chi connectivity index (χ3n) is 3.05. The molecule has 0 spiro atoms. The summed E-state index contributed by atoms with van der Waals surface area (Å²) >= 11 is 0. The average Bonchev–Trinajstić information content (AvgIpc) is 2.31. The second-order valence-electron chi connectivity index (χ2n) is 4.12. The lowest BCUT2D eigenvalue weighted by atomic mass is 9.93. The van der Waals surface area contributed by atoms with Gasteiger partial charge in [0, 0.05) is 37.3 Å². The van der Waals surface area contributed by atoms with Crippen molar-refractivity contribution in [2.45, 2.75) is 25.8 Å². The van der Waals surface area contributed by atoms with Gasteiger partial charge in [0.2, 0.25) is 0 Å². The lowest BCUT2D eigenvalue weighted by Crippen LogP contribution is -2.30. The number of pyridine rings is 1. The summed E-state index contributed by atoms with van der Waals surface area (Å²) in [6.45, 7) is 4.07. The third kappa shape index (κ3) is 2.93. The van der Waals surface area contributed by atoms with Crippen molar-refractivity contribution in [3.63, 3.8) is 0 Å². The van der Waals surface area contributed by atoms with Crippen LogP contribution in [0.2, 0.25) is 0 Å². The number of nitrogens with one attached hydrogen (secondary N) is 1. The number of nitrogens with zero attached hydrogens (tertiary/aromatic N) is 1. The Hall–Kier alpha value is -1.09. The maximum Gasteiger partial charge on any atom is 0.0469 e. The van der Waals surface area contributed by atoms with E-state index in [-0.39, 0.29) is 0 Å². The summed E-state index contributed by atoms with van der Waals surface area (Å²) in [7, 11) is 0. The van der Waals surface area contributed by atoms with E-state index < -0.39 is 0 Å². The Balaban J connectivity index is 1.88. The summed E-state index contributed by atoms with van der Waals surface area (Å²) in [6.07, 6.45) is 5.97. The van der Waals surface area contributed by atoms with Gasteiger partial charge in [-0.3, -0.25) is 4.98 Å². The van der Waals surface area contributed by atoms with E-state index >= 15 is 0 Å². The molecule has 0 aromatic carbocycles. The van der Waals surface area contributed by atoms with Gasteiger partial charge in [-0.25, -0.2) is 0 Å². The van der Waals surface area contributed by atoms with Crippen LogP contribution < -0.4 is 5.32 Å². The lowest BCUT2D eigenvalue weighted by Gasteiger charge is -2.29. The van der Waals surface area contributed by atoms with Crippen molar-refractivity contribution in [2.75, 3.05) is 18.5 Å². The first-order valence-corrected chi connectivity index (χ1v) is 5.60. The van der Waals surface area contributed by atoms with Crippen molar-refractivity contribution in [1.82, 2.24) is 4.98 Å². The van der Waals surface area contributed by atoms with Crippen LogP contribution in [0.4, 0.5) is 5.69 Å². The van der Waals surface area contributed by atoms with E-state index in [1.54, 1.807) is 0 Å². The molecule has 1 fully saturated rings. The molecule has 0 bridgehead atoms. The fourth-order valence-corrected chi connectivity index (χ4v) is 2.04. The SMILES string of the molecule is CC(Nc1ccncc1)C1CCOCC1. The average molecular weight is 206 g/mol. The Labute approximate surface area is 90.9 Å². The van der Waals surface area contributed by atoms with Gasteiger partial charge < -0.3 is 10.1 Å². The highest BCUT2D eigenvalue weighted by molar-refractivity contribution is 5.41. The fourth-order valence-electron chi connectivity index (χ4n) is 2.04. The third-order valence-corrected chi connectivity index (χ3v) is 3.05. The highest BCUT2D eigenvalue weighted by atomic mass is 16.5. The van der Waals surface area contributed by atoms with E-state index in [0.29, 0.717) is 6.04 Å². The molecular weight excluding hydrogens is 188 g/mol. The molecule has 0 radical (unpaired) electrons. The molecule has 0 amide bonds. The molecule has 3 heteroatoms. The molecule has 1 aromatic heterocycles. The molecule has 1 aromatic rings. The van der Waals surface area contributed by atoms with E-state index in [1.807, 2.05) is 24.5 Å². The molecule has 0 saturated carbocycles. The molecule has 0 aliphatic carbocycles.